The molecule has 1 saturated carbocycles. The molecule has 0 aromatic carbocycles. The number of hydrogen-bond donors (Lipinski definition) is 0. The number of pyridine rings is 1. The van der Waals surface area contributed by atoms with Gasteiger partial charge in [0.1, 0.15) is 0 Å². The minimum absolute atomic E-state index is 0.459. The molecule has 21 heavy (non-hydrogen) atoms. The lowest BCUT2D eigenvalue weighted by atomic mass is 9.85. The van der Waals surface area contributed by atoms with Crippen molar-refractivity contribution in [3.63, 3.8) is 0 Å². The summed E-state index contributed by atoms with van der Waals surface area (Å²) in [6, 6.07) is 3.83. The molecule has 3 aromatic heterocycles. The van der Waals surface area contributed by atoms with Crippen LogP contribution in [-0.2, 0) is 7.05 Å². The Balaban J connectivity index is 1.76. The summed E-state index contributed by atoms with van der Waals surface area (Å²) in [6.07, 6.45) is 9.03. The van der Waals surface area contributed by atoms with Crippen molar-refractivity contribution >= 4 is 0 Å². The van der Waals surface area contributed by atoms with Crippen molar-refractivity contribution in [1.29, 1.82) is 0 Å². The van der Waals surface area contributed by atoms with E-state index >= 15 is 0 Å². The van der Waals surface area contributed by atoms with Crippen LogP contribution in [0, 0.1) is 0 Å². The molecule has 4 rings (SSSR count). The fraction of sp³-hybridized carbons (Fsp3) is 0.333. The van der Waals surface area contributed by atoms with E-state index in [1.165, 1.54) is 6.42 Å². The van der Waals surface area contributed by atoms with Crippen LogP contribution < -0.4 is 0 Å². The lowest BCUT2D eigenvalue weighted by Crippen LogP contribution is -2.10. The molecular formula is C15H15N5O. The Morgan fingerprint density at radius 1 is 1.33 bits per heavy atom. The Labute approximate surface area is 121 Å². The van der Waals surface area contributed by atoms with Crippen LogP contribution in [0.2, 0.25) is 0 Å². The number of hydrogen-bond acceptors (Lipinski definition) is 5. The van der Waals surface area contributed by atoms with E-state index in [4.69, 9.17) is 4.52 Å². The van der Waals surface area contributed by atoms with Gasteiger partial charge in [0.05, 0.1) is 17.5 Å². The molecule has 0 saturated heterocycles. The normalized spacial score (nSPS) is 15.1. The minimum Gasteiger partial charge on any atom is -0.334 e. The lowest BCUT2D eigenvalue weighted by molar-refractivity contribution is 0.366. The van der Waals surface area contributed by atoms with Gasteiger partial charge in [0.25, 0.3) is 5.89 Å². The van der Waals surface area contributed by atoms with Crippen LogP contribution >= 0.6 is 0 Å². The lowest BCUT2D eigenvalue weighted by Gasteiger charge is -2.20. The van der Waals surface area contributed by atoms with Gasteiger partial charge >= 0.3 is 0 Å². The van der Waals surface area contributed by atoms with E-state index in [1.807, 2.05) is 25.4 Å². The van der Waals surface area contributed by atoms with E-state index in [9.17, 15) is 0 Å². The third kappa shape index (κ3) is 2.12. The van der Waals surface area contributed by atoms with Gasteiger partial charge < -0.3 is 4.52 Å². The van der Waals surface area contributed by atoms with Crippen molar-refractivity contribution in [2.24, 2.45) is 7.05 Å². The molecule has 106 valence electrons. The highest BCUT2D eigenvalue weighted by molar-refractivity contribution is 5.75. The number of rotatable bonds is 3. The van der Waals surface area contributed by atoms with Gasteiger partial charge in [0.15, 0.2) is 5.82 Å². The molecule has 0 unspecified atom stereocenters. The van der Waals surface area contributed by atoms with Gasteiger partial charge in [-0.15, -0.1) is 0 Å². The molecule has 6 nitrogen and oxygen atoms in total. The largest absolute Gasteiger partial charge is 0.334 e. The number of aryl methyl sites for hydroxylation is 1. The summed E-state index contributed by atoms with van der Waals surface area (Å²) >= 11 is 0. The summed E-state index contributed by atoms with van der Waals surface area (Å²) in [4.78, 5) is 9.00. The zero-order valence-corrected chi connectivity index (χ0v) is 11.7. The summed E-state index contributed by atoms with van der Waals surface area (Å²) < 4.78 is 7.20. The third-order valence-electron chi connectivity index (χ3n) is 3.93. The molecule has 1 aliphatic rings. The Morgan fingerprint density at radius 3 is 2.95 bits per heavy atom. The average molecular weight is 281 g/mol. The van der Waals surface area contributed by atoms with E-state index in [2.05, 4.69) is 20.2 Å². The first-order chi connectivity index (χ1) is 10.3. The summed E-state index contributed by atoms with van der Waals surface area (Å²) in [7, 11) is 1.88. The second-order valence-electron chi connectivity index (χ2n) is 5.39. The zero-order valence-electron chi connectivity index (χ0n) is 11.7. The van der Waals surface area contributed by atoms with Gasteiger partial charge in [0.2, 0.25) is 0 Å². The molecule has 3 aromatic rings. The highest BCUT2D eigenvalue weighted by Gasteiger charge is 2.25. The smallest absolute Gasteiger partial charge is 0.260 e. The number of nitrogens with zero attached hydrogens (tertiary/aromatic N) is 5. The van der Waals surface area contributed by atoms with E-state index in [0.29, 0.717) is 11.8 Å². The van der Waals surface area contributed by atoms with E-state index in [1.54, 1.807) is 17.1 Å². The van der Waals surface area contributed by atoms with Crippen molar-refractivity contribution < 1.29 is 4.52 Å². The van der Waals surface area contributed by atoms with Gasteiger partial charge in [-0.3, -0.25) is 9.67 Å². The second kappa shape index (κ2) is 4.80. The van der Waals surface area contributed by atoms with Gasteiger partial charge in [0, 0.05) is 30.9 Å². The monoisotopic (exact) mass is 281 g/mol. The summed E-state index contributed by atoms with van der Waals surface area (Å²) in [5.74, 6) is 1.81. The molecule has 0 amide bonds. The van der Waals surface area contributed by atoms with Crippen LogP contribution in [0.4, 0.5) is 0 Å². The molecule has 0 radical (unpaired) electrons. The topological polar surface area (TPSA) is 69.6 Å². The standard InChI is InChI=1S/C15H15N5O/c1-20-9-11(8-17-20)13-12(6-3-7-16-13)15-18-14(19-21-15)10-4-2-5-10/h3,6-10H,2,4-5H2,1H3. The average Bonchev–Trinajstić information content (AvgIpc) is 3.06. The first kappa shape index (κ1) is 12.3. The molecule has 0 spiro atoms. The first-order valence-corrected chi connectivity index (χ1v) is 7.09. The Kier molecular flexibility index (Phi) is 2.80. The van der Waals surface area contributed by atoms with Crippen molar-refractivity contribution in [2.75, 3.05) is 0 Å². The van der Waals surface area contributed by atoms with Crippen molar-refractivity contribution in [3.05, 3.63) is 36.5 Å². The second-order valence-corrected chi connectivity index (χ2v) is 5.39. The van der Waals surface area contributed by atoms with Crippen molar-refractivity contribution in [2.45, 2.75) is 25.2 Å². The highest BCUT2D eigenvalue weighted by Crippen LogP contribution is 2.36. The summed E-state index contributed by atoms with van der Waals surface area (Å²) in [6.45, 7) is 0. The zero-order chi connectivity index (χ0) is 14.2. The van der Waals surface area contributed by atoms with Crippen LogP contribution in [0.15, 0.2) is 35.2 Å². The van der Waals surface area contributed by atoms with Crippen molar-refractivity contribution in [3.8, 4) is 22.7 Å². The summed E-state index contributed by atoms with van der Waals surface area (Å²) in [5, 5.41) is 8.31. The predicted octanol–water partition coefficient (Wildman–Crippen LogP) is 2.80. The fourth-order valence-electron chi connectivity index (χ4n) is 2.53. The molecule has 0 aliphatic heterocycles. The van der Waals surface area contributed by atoms with E-state index in [-0.39, 0.29) is 0 Å². The Bertz CT molecular complexity index is 772. The molecule has 0 N–H and O–H groups in total. The predicted molar refractivity (Wildman–Crippen MR) is 76.3 cm³/mol. The maximum atomic E-state index is 5.45. The molecule has 0 atom stereocenters. The SMILES string of the molecule is Cn1cc(-c2ncccc2-c2nc(C3CCC3)no2)cn1. The molecule has 0 bridgehead atoms. The molecule has 3 heterocycles. The van der Waals surface area contributed by atoms with Crippen LogP contribution in [0.3, 0.4) is 0 Å². The maximum absolute atomic E-state index is 5.45. The summed E-state index contributed by atoms with van der Waals surface area (Å²) in [5.41, 5.74) is 2.61. The minimum atomic E-state index is 0.459. The number of aromatic nitrogens is 5. The van der Waals surface area contributed by atoms with Crippen LogP contribution in [0.25, 0.3) is 22.7 Å². The fourth-order valence-corrected chi connectivity index (χ4v) is 2.53. The maximum Gasteiger partial charge on any atom is 0.260 e. The van der Waals surface area contributed by atoms with E-state index in [0.717, 1.165) is 35.5 Å². The highest BCUT2D eigenvalue weighted by atomic mass is 16.5. The van der Waals surface area contributed by atoms with Crippen molar-refractivity contribution in [1.82, 2.24) is 24.9 Å². The molecule has 1 fully saturated rings. The van der Waals surface area contributed by atoms with Crippen LogP contribution in [0.5, 0.6) is 0 Å². The Hall–Kier alpha value is -2.50. The molecule has 6 heteroatoms. The van der Waals surface area contributed by atoms with Crippen LogP contribution in [-0.4, -0.2) is 24.9 Å². The van der Waals surface area contributed by atoms with Gasteiger partial charge in [-0.25, -0.2) is 0 Å². The van der Waals surface area contributed by atoms with Crippen LogP contribution in [0.1, 0.15) is 31.0 Å². The first-order valence-electron chi connectivity index (χ1n) is 7.09. The van der Waals surface area contributed by atoms with E-state index < -0.39 is 0 Å². The van der Waals surface area contributed by atoms with Gasteiger partial charge in [-0.05, 0) is 25.0 Å². The van der Waals surface area contributed by atoms with Gasteiger partial charge in [-0.1, -0.05) is 11.6 Å². The molecular weight excluding hydrogens is 266 g/mol. The quantitative estimate of drug-likeness (QED) is 0.738. The third-order valence-corrected chi connectivity index (χ3v) is 3.93. The van der Waals surface area contributed by atoms with Gasteiger partial charge in [-0.2, -0.15) is 10.1 Å². The molecule has 1 aliphatic carbocycles. The Morgan fingerprint density at radius 2 is 2.24 bits per heavy atom.